The van der Waals surface area contributed by atoms with E-state index in [0.29, 0.717) is 0 Å². The van der Waals surface area contributed by atoms with Crippen LogP contribution >= 0.6 is 0 Å². The van der Waals surface area contributed by atoms with Crippen LogP contribution in [0.25, 0.3) is 0 Å². The number of allylic oxidation sites excluding steroid dienone is 2. The summed E-state index contributed by atoms with van der Waals surface area (Å²) in [6, 6.07) is 16.4. The Morgan fingerprint density at radius 1 is 1.33 bits per heavy atom. The van der Waals surface area contributed by atoms with Crippen molar-refractivity contribution in [1.29, 1.82) is 0 Å². The summed E-state index contributed by atoms with van der Waals surface area (Å²) in [5, 5.41) is 0. The molecule has 0 saturated heterocycles. The summed E-state index contributed by atoms with van der Waals surface area (Å²) >= 11 is 0. The van der Waals surface area contributed by atoms with Gasteiger partial charge in [-0.1, -0.05) is 18.1 Å². The predicted octanol–water partition coefficient (Wildman–Crippen LogP) is 4.66. The van der Waals surface area contributed by atoms with Crippen molar-refractivity contribution in [3.05, 3.63) is 84.5 Å². The van der Waals surface area contributed by atoms with Gasteiger partial charge >= 0.3 is 17.1 Å². The maximum absolute atomic E-state index is 3.91. The maximum Gasteiger partial charge on any atom is 2.00 e. The minimum Gasteiger partial charge on any atom is -0.214 e. The van der Waals surface area contributed by atoms with Crippen molar-refractivity contribution in [2.24, 2.45) is 0 Å². The minimum absolute atomic E-state index is 0. The molecule has 96 valence electrons. The summed E-state index contributed by atoms with van der Waals surface area (Å²) in [5.74, 6) is 0. The first-order chi connectivity index (χ1) is 8.24. The largest absolute Gasteiger partial charge is 2.00 e. The fourth-order valence-electron chi connectivity index (χ4n) is 1.67. The molecular weight excluding hydrogens is 260 g/mol. The minimum atomic E-state index is 0. The Hall–Kier alpha value is -1.30. The van der Waals surface area contributed by atoms with Gasteiger partial charge in [0.05, 0.1) is 0 Å². The summed E-state index contributed by atoms with van der Waals surface area (Å²) in [7, 11) is 0. The van der Waals surface area contributed by atoms with Gasteiger partial charge in [0.15, 0.2) is 0 Å². The Labute approximate surface area is 121 Å². The van der Waals surface area contributed by atoms with E-state index in [0.717, 1.165) is 12.8 Å². The smallest absolute Gasteiger partial charge is 0.214 e. The van der Waals surface area contributed by atoms with Gasteiger partial charge in [0, 0.05) is 0 Å². The second kappa shape index (κ2) is 9.70. The number of rotatable bonds is 4. The van der Waals surface area contributed by atoms with Gasteiger partial charge < -0.3 is 0 Å². The zero-order chi connectivity index (χ0) is 12.5. The third-order valence-electron chi connectivity index (χ3n) is 2.42. The van der Waals surface area contributed by atoms with E-state index >= 15 is 0 Å². The Morgan fingerprint density at radius 3 is 2.44 bits per heavy atom. The molecule has 0 aliphatic rings. The molecule has 0 atom stereocenters. The fourth-order valence-corrected chi connectivity index (χ4v) is 1.67. The molecule has 0 aromatic heterocycles. The average Bonchev–Trinajstić information content (AvgIpc) is 2.92. The van der Waals surface area contributed by atoms with E-state index in [1.54, 1.807) is 0 Å². The molecule has 0 saturated carbocycles. The molecule has 0 unspecified atom stereocenters. The molecule has 0 aliphatic heterocycles. The predicted molar refractivity (Wildman–Crippen MR) is 76.5 cm³/mol. The SMILES string of the molecule is C=CCc1ccc[c-]1CC(=C)C.[Fe+2].c1cc[cH-]c1. The molecule has 0 nitrogen and oxygen atoms in total. The van der Waals surface area contributed by atoms with Gasteiger partial charge in [-0.25, -0.2) is 24.3 Å². The topological polar surface area (TPSA) is 0 Å². The molecule has 18 heavy (non-hydrogen) atoms. The van der Waals surface area contributed by atoms with Crippen molar-refractivity contribution in [3.8, 4) is 0 Å². The molecule has 1 heteroatoms. The second-order valence-electron chi connectivity index (χ2n) is 4.17. The summed E-state index contributed by atoms with van der Waals surface area (Å²) in [5.41, 5.74) is 3.99. The molecule has 0 heterocycles. The zero-order valence-corrected chi connectivity index (χ0v) is 12.0. The van der Waals surface area contributed by atoms with Gasteiger partial charge in [-0.2, -0.15) is 35.4 Å². The third-order valence-corrected chi connectivity index (χ3v) is 2.42. The summed E-state index contributed by atoms with van der Waals surface area (Å²) in [6.45, 7) is 9.70. The zero-order valence-electron chi connectivity index (χ0n) is 10.9. The monoisotopic (exact) mass is 280 g/mol. The molecular formula is C17H20Fe. The Kier molecular flexibility index (Phi) is 9.00. The molecule has 0 amide bonds. The van der Waals surface area contributed by atoms with Gasteiger partial charge in [-0.15, -0.1) is 13.2 Å². The van der Waals surface area contributed by atoms with E-state index in [2.05, 4.69) is 38.3 Å². The molecule has 0 spiro atoms. The molecule has 0 bridgehead atoms. The number of hydrogen-bond acceptors (Lipinski definition) is 0. The van der Waals surface area contributed by atoms with E-state index in [1.807, 2.05) is 36.4 Å². The van der Waals surface area contributed by atoms with Gasteiger partial charge in [0.1, 0.15) is 0 Å². The van der Waals surface area contributed by atoms with E-state index < -0.39 is 0 Å². The van der Waals surface area contributed by atoms with Crippen molar-refractivity contribution in [2.75, 3.05) is 0 Å². The van der Waals surface area contributed by atoms with E-state index in [1.165, 1.54) is 16.7 Å². The van der Waals surface area contributed by atoms with Crippen LogP contribution < -0.4 is 0 Å². The Morgan fingerprint density at radius 2 is 2.00 bits per heavy atom. The Balaban J connectivity index is 0.000000405. The Bertz CT molecular complexity index is 415. The van der Waals surface area contributed by atoms with Crippen molar-refractivity contribution < 1.29 is 17.1 Å². The van der Waals surface area contributed by atoms with Crippen LogP contribution in [0.1, 0.15) is 18.1 Å². The standard InChI is InChI=1S/C12H15.C5H5.Fe/c1-4-6-11-7-5-8-12(11)9-10(2)3;1-2-4-5-3-1;/h4-5,7-8H,1-2,6,9H2,3H3;1-5H;/q2*-1;+2. The van der Waals surface area contributed by atoms with Crippen molar-refractivity contribution >= 4 is 0 Å². The first-order valence-corrected chi connectivity index (χ1v) is 5.89. The van der Waals surface area contributed by atoms with Gasteiger partial charge in [-0.05, 0) is 13.3 Å². The molecule has 0 aliphatic carbocycles. The van der Waals surface area contributed by atoms with Crippen molar-refractivity contribution in [3.63, 3.8) is 0 Å². The molecule has 2 aromatic carbocycles. The normalized spacial score (nSPS) is 8.72. The van der Waals surface area contributed by atoms with Crippen LogP contribution in [0.2, 0.25) is 0 Å². The van der Waals surface area contributed by atoms with E-state index in [-0.39, 0.29) is 17.1 Å². The van der Waals surface area contributed by atoms with Crippen LogP contribution in [0.15, 0.2) is 73.3 Å². The third kappa shape index (κ3) is 6.44. The first-order valence-electron chi connectivity index (χ1n) is 5.89. The average molecular weight is 280 g/mol. The van der Waals surface area contributed by atoms with Gasteiger partial charge in [0.25, 0.3) is 0 Å². The van der Waals surface area contributed by atoms with Crippen LogP contribution in [-0.4, -0.2) is 0 Å². The fraction of sp³-hybridized carbons (Fsp3) is 0.176. The van der Waals surface area contributed by atoms with Crippen LogP contribution in [-0.2, 0) is 29.9 Å². The van der Waals surface area contributed by atoms with Gasteiger partial charge in [0.2, 0.25) is 0 Å². The van der Waals surface area contributed by atoms with Crippen LogP contribution in [0.3, 0.4) is 0 Å². The summed E-state index contributed by atoms with van der Waals surface area (Å²) < 4.78 is 0. The molecule has 0 N–H and O–H groups in total. The second-order valence-corrected chi connectivity index (χ2v) is 4.17. The molecule has 2 aromatic rings. The molecule has 0 fully saturated rings. The summed E-state index contributed by atoms with van der Waals surface area (Å²) in [4.78, 5) is 0. The van der Waals surface area contributed by atoms with Crippen molar-refractivity contribution in [2.45, 2.75) is 19.8 Å². The van der Waals surface area contributed by atoms with Gasteiger partial charge in [-0.3, -0.25) is 0 Å². The van der Waals surface area contributed by atoms with Crippen molar-refractivity contribution in [1.82, 2.24) is 0 Å². The number of hydrogen-bond donors (Lipinski definition) is 0. The van der Waals surface area contributed by atoms with E-state index in [4.69, 9.17) is 0 Å². The quantitative estimate of drug-likeness (QED) is 0.434. The first kappa shape index (κ1) is 16.7. The molecule has 2 rings (SSSR count). The summed E-state index contributed by atoms with van der Waals surface area (Å²) in [6.07, 6.45) is 3.91. The molecule has 0 radical (unpaired) electrons. The van der Waals surface area contributed by atoms with Crippen LogP contribution in [0.4, 0.5) is 0 Å². The van der Waals surface area contributed by atoms with Crippen LogP contribution in [0.5, 0.6) is 0 Å². The maximum atomic E-state index is 3.91. The van der Waals surface area contributed by atoms with E-state index in [9.17, 15) is 0 Å². The van der Waals surface area contributed by atoms with Crippen LogP contribution in [0, 0.1) is 0 Å².